The third kappa shape index (κ3) is 4.26. The summed E-state index contributed by atoms with van der Waals surface area (Å²) in [5.41, 5.74) is 1.47. The third-order valence-electron chi connectivity index (χ3n) is 4.46. The van der Waals surface area contributed by atoms with Gasteiger partial charge in [-0.3, -0.25) is 9.59 Å². The number of fused-ring (bicyclic) bond motifs is 1. The van der Waals surface area contributed by atoms with Gasteiger partial charge >= 0.3 is 5.97 Å². The maximum Gasteiger partial charge on any atom is 0.308 e. The molecule has 0 saturated carbocycles. The summed E-state index contributed by atoms with van der Waals surface area (Å²) in [6, 6.07) is 13.2. The average molecular weight is 437 g/mol. The van der Waals surface area contributed by atoms with E-state index in [4.69, 9.17) is 14.2 Å². The van der Waals surface area contributed by atoms with E-state index in [0.717, 1.165) is 5.56 Å². The summed E-state index contributed by atoms with van der Waals surface area (Å²) in [6.07, 6.45) is 2.25. The summed E-state index contributed by atoms with van der Waals surface area (Å²) in [5.74, 6) is 0.920. The first-order chi connectivity index (χ1) is 15.0. The molecule has 4 aromatic rings. The number of ether oxygens (including phenoxy) is 3. The molecule has 8 nitrogen and oxygen atoms in total. The van der Waals surface area contributed by atoms with Crippen LogP contribution in [0.15, 0.2) is 47.3 Å². The Hall–Kier alpha value is -3.72. The van der Waals surface area contributed by atoms with Crippen molar-refractivity contribution in [1.82, 2.24) is 14.6 Å². The number of aromatic nitrogens is 3. The highest BCUT2D eigenvalue weighted by molar-refractivity contribution is 7.15. The number of esters is 1. The number of thiazole rings is 1. The normalized spacial score (nSPS) is 11.6. The molecule has 2 aromatic heterocycles. The third-order valence-corrected chi connectivity index (χ3v) is 5.42. The molecule has 0 N–H and O–H groups in total. The molecule has 31 heavy (non-hydrogen) atoms. The van der Waals surface area contributed by atoms with Crippen LogP contribution in [0.1, 0.15) is 23.9 Å². The zero-order valence-electron chi connectivity index (χ0n) is 17.1. The van der Waals surface area contributed by atoms with Crippen LogP contribution in [0.4, 0.5) is 0 Å². The van der Waals surface area contributed by atoms with Crippen molar-refractivity contribution in [1.29, 1.82) is 0 Å². The van der Waals surface area contributed by atoms with Gasteiger partial charge in [0.25, 0.3) is 5.56 Å². The predicted octanol–water partition coefficient (Wildman–Crippen LogP) is 2.23. The fourth-order valence-corrected chi connectivity index (χ4v) is 4.03. The minimum Gasteiger partial charge on any atom is -0.493 e. The zero-order chi connectivity index (χ0) is 22.0. The van der Waals surface area contributed by atoms with Gasteiger partial charge in [0.1, 0.15) is 0 Å². The second-order valence-corrected chi connectivity index (χ2v) is 7.66. The fourth-order valence-electron chi connectivity index (χ4n) is 3.11. The molecular formula is C22H19N3O5S. The molecule has 0 bridgehead atoms. The maximum absolute atomic E-state index is 12.8. The number of hydrogen-bond acceptors (Lipinski definition) is 8. The zero-order valence-corrected chi connectivity index (χ0v) is 17.9. The van der Waals surface area contributed by atoms with E-state index in [1.807, 2.05) is 30.3 Å². The highest BCUT2D eigenvalue weighted by atomic mass is 32.1. The summed E-state index contributed by atoms with van der Waals surface area (Å²) in [6.45, 7) is 1.29. The van der Waals surface area contributed by atoms with Gasteiger partial charge in [-0.05, 0) is 29.3 Å². The molecule has 0 aliphatic rings. The van der Waals surface area contributed by atoms with Crippen molar-refractivity contribution in [2.24, 2.45) is 0 Å². The molecule has 0 atom stereocenters. The van der Waals surface area contributed by atoms with Crippen molar-refractivity contribution < 1.29 is 19.0 Å². The minimum atomic E-state index is -0.493. The number of carbonyl (C=O) groups is 1. The number of carbonyl (C=O) groups excluding carboxylic acids is 1. The van der Waals surface area contributed by atoms with Crippen LogP contribution in [0.5, 0.6) is 17.2 Å². The Morgan fingerprint density at radius 2 is 1.81 bits per heavy atom. The van der Waals surface area contributed by atoms with E-state index < -0.39 is 5.97 Å². The van der Waals surface area contributed by atoms with Gasteiger partial charge in [-0.2, -0.15) is 4.52 Å². The smallest absolute Gasteiger partial charge is 0.308 e. The lowest BCUT2D eigenvalue weighted by atomic mass is 10.1. The van der Waals surface area contributed by atoms with E-state index in [9.17, 15) is 9.59 Å². The van der Waals surface area contributed by atoms with Crippen molar-refractivity contribution >= 4 is 28.3 Å². The van der Waals surface area contributed by atoms with Crippen LogP contribution in [0, 0.1) is 0 Å². The Morgan fingerprint density at radius 1 is 1.13 bits per heavy atom. The molecular weight excluding hydrogens is 418 g/mol. The van der Waals surface area contributed by atoms with Crippen LogP contribution in [0.2, 0.25) is 0 Å². The van der Waals surface area contributed by atoms with Crippen LogP contribution >= 0.6 is 11.3 Å². The standard InChI is InChI=1S/C22H19N3O5S/c1-13(26)30-20-16(28-2)9-15(10-17(20)29-3)11-18-21(27)25-22(31-18)23-19(24-25)12-14-7-5-4-6-8-14/h4-11H,12H2,1-3H3/b18-11-. The second kappa shape index (κ2) is 8.57. The SMILES string of the molecule is COc1cc(/C=c2\sc3nc(Cc4ccccc4)nn3c2=O)cc(OC)c1OC(C)=O. The Labute approximate surface area is 181 Å². The summed E-state index contributed by atoms with van der Waals surface area (Å²) >= 11 is 1.25. The molecule has 0 fully saturated rings. The van der Waals surface area contributed by atoms with Crippen molar-refractivity contribution in [3.63, 3.8) is 0 Å². The Bertz CT molecular complexity index is 1340. The molecule has 2 heterocycles. The number of nitrogens with zero attached hydrogens (tertiary/aromatic N) is 3. The van der Waals surface area contributed by atoms with Gasteiger partial charge in [-0.25, -0.2) is 4.98 Å². The van der Waals surface area contributed by atoms with Gasteiger partial charge < -0.3 is 14.2 Å². The Balaban J connectivity index is 1.72. The molecule has 0 radical (unpaired) electrons. The van der Waals surface area contributed by atoms with Gasteiger partial charge in [0.15, 0.2) is 17.3 Å². The first-order valence-electron chi connectivity index (χ1n) is 9.37. The minimum absolute atomic E-state index is 0.185. The number of methoxy groups -OCH3 is 2. The van der Waals surface area contributed by atoms with E-state index in [0.29, 0.717) is 38.8 Å². The van der Waals surface area contributed by atoms with Gasteiger partial charge in [-0.1, -0.05) is 41.7 Å². The summed E-state index contributed by atoms with van der Waals surface area (Å²) < 4.78 is 17.6. The first kappa shape index (κ1) is 20.5. The van der Waals surface area contributed by atoms with Crippen LogP contribution in [0.3, 0.4) is 0 Å². The van der Waals surface area contributed by atoms with Crippen molar-refractivity contribution in [3.8, 4) is 17.2 Å². The summed E-state index contributed by atoms with van der Waals surface area (Å²) in [4.78, 5) is 29.2. The van der Waals surface area contributed by atoms with Gasteiger partial charge in [0.05, 0.1) is 18.8 Å². The molecule has 0 amide bonds. The van der Waals surface area contributed by atoms with Gasteiger partial charge in [-0.15, -0.1) is 5.10 Å². The second-order valence-electron chi connectivity index (χ2n) is 6.65. The highest BCUT2D eigenvalue weighted by Gasteiger charge is 2.16. The van der Waals surface area contributed by atoms with E-state index >= 15 is 0 Å². The Morgan fingerprint density at radius 3 is 2.39 bits per heavy atom. The molecule has 2 aromatic carbocycles. The lowest BCUT2D eigenvalue weighted by molar-refractivity contribution is -0.132. The Kier molecular flexibility index (Phi) is 5.68. The summed E-state index contributed by atoms with van der Waals surface area (Å²) in [7, 11) is 2.92. The van der Waals surface area contributed by atoms with Gasteiger partial charge in [0.2, 0.25) is 10.7 Å². The molecule has 0 aliphatic carbocycles. The number of benzene rings is 2. The van der Waals surface area contributed by atoms with Crippen LogP contribution in [-0.2, 0) is 11.2 Å². The monoisotopic (exact) mass is 437 g/mol. The fraction of sp³-hybridized carbons (Fsp3) is 0.182. The van der Waals surface area contributed by atoms with E-state index in [2.05, 4.69) is 10.1 Å². The van der Waals surface area contributed by atoms with Crippen molar-refractivity contribution in [3.05, 3.63) is 74.3 Å². The molecule has 0 spiro atoms. The average Bonchev–Trinajstić information content (AvgIpc) is 3.27. The molecule has 0 unspecified atom stereocenters. The number of rotatable bonds is 6. The molecule has 9 heteroatoms. The molecule has 0 saturated heterocycles. The molecule has 4 rings (SSSR count). The topological polar surface area (TPSA) is 92.0 Å². The lowest BCUT2D eigenvalue weighted by Gasteiger charge is -2.13. The highest BCUT2D eigenvalue weighted by Crippen LogP contribution is 2.38. The maximum atomic E-state index is 12.8. The van der Waals surface area contributed by atoms with E-state index in [-0.39, 0.29) is 11.3 Å². The summed E-state index contributed by atoms with van der Waals surface area (Å²) in [5, 5.41) is 4.36. The first-order valence-corrected chi connectivity index (χ1v) is 10.2. The van der Waals surface area contributed by atoms with Crippen LogP contribution in [0.25, 0.3) is 11.0 Å². The van der Waals surface area contributed by atoms with Crippen molar-refractivity contribution in [2.45, 2.75) is 13.3 Å². The molecule has 158 valence electrons. The van der Waals surface area contributed by atoms with Crippen molar-refractivity contribution in [2.75, 3.05) is 14.2 Å². The van der Waals surface area contributed by atoms with Crippen LogP contribution < -0.4 is 24.3 Å². The van der Waals surface area contributed by atoms with Gasteiger partial charge in [0, 0.05) is 13.3 Å². The van der Waals surface area contributed by atoms with Crippen LogP contribution in [-0.4, -0.2) is 34.8 Å². The van der Waals surface area contributed by atoms with E-state index in [1.54, 1.807) is 18.2 Å². The largest absolute Gasteiger partial charge is 0.493 e. The lowest BCUT2D eigenvalue weighted by Crippen LogP contribution is -2.23. The molecule has 0 aliphatic heterocycles. The predicted molar refractivity (Wildman–Crippen MR) is 116 cm³/mol. The number of hydrogen-bond donors (Lipinski definition) is 0. The quantitative estimate of drug-likeness (QED) is 0.337. The van der Waals surface area contributed by atoms with E-state index in [1.165, 1.54) is 37.0 Å².